The third-order valence-electron chi connectivity index (χ3n) is 6.05. The Balaban J connectivity index is 1.62. The molecule has 3 aromatic rings. The molecule has 0 amide bonds. The van der Waals surface area contributed by atoms with E-state index in [1.54, 1.807) is 24.1 Å². The molecule has 0 bridgehead atoms. The van der Waals surface area contributed by atoms with Crippen LogP contribution in [0.25, 0.3) is 5.52 Å². The van der Waals surface area contributed by atoms with Crippen molar-refractivity contribution in [2.24, 2.45) is 15.9 Å². The van der Waals surface area contributed by atoms with Crippen molar-refractivity contribution in [1.29, 1.82) is 5.26 Å². The second-order valence-electron chi connectivity index (χ2n) is 8.81. The maximum absolute atomic E-state index is 14.6. The fraction of sp³-hybridized carbons (Fsp3) is 0.375. The first-order valence-electron chi connectivity index (χ1n) is 11.3. The number of aliphatic imine (C=N–C) groups is 1. The lowest BCUT2D eigenvalue weighted by molar-refractivity contribution is 0.00413. The van der Waals surface area contributed by atoms with Gasteiger partial charge in [-0.3, -0.25) is 9.98 Å². The Hall–Kier alpha value is -4.11. The highest BCUT2D eigenvalue weighted by Crippen LogP contribution is 2.28. The van der Waals surface area contributed by atoms with Crippen LogP contribution in [0.15, 0.2) is 46.9 Å². The molecule has 3 aromatic heterocycles. The minimum absolute atomic E-state index is 0.0197. The number of halogens is 2. The number of nitrogens with two attached hydrogens (primary N) is 1. The summed E-state index contributed by atoms with van der Waals surface area (Å²) in [6.07, 6.45) is 7.21. The van der Waals surface area contributed by atoms with Crippen LogP contribution in [-0.2, 0) is 5.60 Å². The standard InChI is InChI=1S/C24H26F2N8O2/c1-15(31-18-5-7-33(14-27)8-6-18)22(32-28)16-9-20(23-19(26)11-30-34(23)12-16)36-13-24(2,35)21-4-3-17(25)10-29-21/h3-4,9-12,18,35H,5-8,13,28H2,1-2H3/b31-15?,32-22+/t24-/m1/s1. The van der Waals surface area contributed by atoms with Crippen LogP contribution in [0.4, 0.5) is 8.78 Å². The Labute approximate surface area is 206 Å². The minimum atomic E-state index is -1.59. The van der Waals surface area contributed by atoms with E-state index in [1.807, 2.05) is 0 Å². The normalized spacial score (nSPS) is 17.2. The van der Waals surface area contributed by atoms with E-state index in [4.69, 9.17) is 20.8 Å². The molecule has 36 heavy (non-hydrogen) atoms. The highest BCUT2D eigenvalue weighted by molar-refractivity contribution is 6.47. The van der Waals surface area contributed by atoms with Crippen molar-refractivity contribution in [3.8, 4) is 11.9 Å². The first-order valence-corrected chi connectivity index (χ1v) is 11.3. The van der Waals surface area contributed by atoms with E-state index in [0.717, 1.165) is 25.2 Å². The smallest absolute Gasteiger partial charge is 0.179 e. The predicted octanol–water partition coefficient (Wildman–Crippen LogP) is 2.36. The molecule has 1 fully saturated rings. The Morgan fingerprint density at radius 2 is 2.08 bits per heavy atom. The van der Waals surface area contributed by atoms with Crippen LogP contribution < -0.4 is 10.6 Å². The lowest BCUT2D eigenvalue weighted by Crippen LogP contribution is -2.32. The van der Waals surface area contributed by atoms with Gasteiger partial charge in [0.1, 0.15) is 35.0 Å². The quantitative estimate of drug-likeness (QED) is 0.222. The molecule has 1 aliphatic rings. The Bertz CT molecular complexity index is 1340. The number of fused-ring (bicyclic) bond motifs is 1. The van der Waals surface area contributed by atoms with Gasteiger partial charge in [0.25, 0.3) is 0 Å². The average Bonchev–Trinajstić information content (AvgIpc) is 3.24. The van der Waals surface area contributed by atoms with Crippen LogP contribution in [-0.4, -0.2) is 61.8 Å². The molecule has 12 heteroatoms. The molecule has 0 saturated carbocycles. The van der Waals surface area contributed by atoms with Crippen LogP contribution in [0.3, 0.4) is 0 Å². The summed E-state index contributed by atoms with van der Waals surface area (Å²) in [5.74, 6) is 4.67. The molecular formula is C24H26F2N8O2. The predicted molar refractivity (Wildman–Crippen MR) is 128 cm³/mol. The third kappa shape index (κ3) is 5.26. The number of nitrogens with zero attached hydrogens (tertiary/aromatic N) is 7. The summed E-state index contributed by atoms with van der Waals surface area (Å²) in [5.41, 5.74) is 0.104. The van der Waals surface area contributed by atoms with Gasteiger partial charge >= 0.3 is 0 Å². The number of likely N-dealkylation sites (tertiary alicyclic amines) is 1. The van der Waals surface area contributed by atoms with Gasteiger partial charge in [-0.1, -0.05) is 0 Å². The monoisotopic (exact) mass is 496 g/mol. The van der Waals surface area contributed by atoms with Crippen molar-refractivity contribution < 1.29 is 18.6 Å². The molecule has 10 nitrogen and oxygen atoms in total. The van der Waals surface area contributed by atoms with Gasteiger partial charge in [-0.2, -0.15) is 15.5 Å². The summed E-state index contributed by atoms with van der Waals surface area (Å²) >= 11 is 0. The SMILES string of the molecule is CC(=NC1CCN(C#N)CC1)/C(=N\N)c1cc(OC[C@@](C)(O)c2ccc(F)cn2)c2c(F)cnn2c1. The number of hydrogen-bond donors (Lipinski definition) is 2. The number of hydrogen-bond acceptors (Lipinski definition) is 9. The summed E-state index contributed by atoms with van der Waals surface area (Å²) < 4.78 is 34.9. The summed E-state index contributed by atoms with van der Waals surface area (Å²) in [6.45, 7) is 4.21. The van der Waals surface area contributed by atoms with Crippen LogP contribution in [0.1, 0.15) is 37.9 Å². The van der Waals surface area contributed by atoms with Crippen molar-refractivity contribution in [1.82, 2.24) is 19.5 Å². The van der Waals surface area contributed by atoms with Crippen LogP contribution in [0.2, 0.25) is 0 Å². The molecule has 1 atom stereocenters. The molecule has 0 aliphatic carbocycles. The van der Waals surface area contributed by atoms with E-state index in [2.05, 4.69) is 21.4 Å². The first-order chi connectivity index (χ1) is 17.2. The van der Waals surface area contributed by atoms with E-state index >= 15 is 0 Å². The van der Waals surface area contributed by atoms with E-state index in [1.165, 1.54) is 23.6 Å². The molecule has 0 unspecified atom stereocenters. The molecule has 0 aromatic carbocycles. The van der Waals surface area contributed by atoms with Crippen LogP contribution in [0.5, 0.6) is 5.75 Å². The number of ether oxygens (including phenoxy) is 1. The third-order valence-corrected chi connectivity index (χ3v) is 6.05. The molecule has 4 rings (SSSR count). The zero-order chi connectivity index (χ0) is 25.9. The fourth-order valence-electron chi connectivity index (χ4n) is 4.08. The highest BCUT2D eigenvalue weighted by atomic mass is 19.1. The van der Waals surface area contributed by atoms with Crippen molar-refractivity contribution in [2.75, 3.05) is 19.7 Å². The summed E-state index contributed by atoms with van der Waals surface area (Å²) in [7, 11) is 0. The maximum Gasteiger partial charge on any atom is 0.179 e. The molecule has 3 N–H and O–H groups in total. The number of hydrazone groups is 1. The Kier molecular flexibility index (Phi) is 7.12. The zero-order valence-corrected chi connectivity index (χ0v) is 19.9. The van der Waals surface area contributed by atoms with E-state index < -0.39 is 17.2 Å². The minimum Gasteiger partial charge on any atom is -0.488 e. The molecule has 1 saturated heterocycles. The molecule has 188 valence electrons. The van der Waals surface area contributed by atoms with Gasteiger partial charge in [0, 0.05) is 24.8 Å². The lowest BCUT2D eigenvalue weighted by atomic mass is 10.0. The first kappa shape index (κ1) is 25.0. The molecule has 0 spiro atoms. The second-order valence-corrected chi connectivity index (χ2v) is 8.81. The molecule has 1 aliphatic heterocycles. The van der Waals surface area contributed by atoms with Gasteiger partial charge in [0.2, 0.25) is 0 Å². The largest absolute Gasteiger partial charge is 0.488 e. The van der Waals surface area contributed by atoms with Crippen molar-refractivity contribution >= 4 is 16.9 Å². The van der Waals surface area contributed by atoms with E-state index in [0.29, 0.717) is 30.1 Å². The summed E-state index contributed by atoms with van der Waals surface area (Å²) in [6, 6.07) is 4.11. The number of aliphatic hydroxyl groups is 1. The molecule has 0 radical (unpaired) electrons. The summed E-state index contributed by atoms with van der Waals surface area (Å²) in [5, 5.41) is 27.8. The number of aromatic nitrogens is 3. The lowest BCUT2D eigenvalue weighted by Gasteiger charge is -2.26. The van der Waals surface area contributed by atoms with Crippen molar-refractivity contribution in [3.63, 3.8) is 0 Å². The van der Waals surface area contributed by atoms with Crippen LogP contribution in [0, 0.1) is 23.1 Å². The van der Waals surface area contributed by atoms with Crippen molar-refractivity contribution in [2.45, 2.75) is 38.3 Å². The van der Waals surface area contributed by atoms with E-state index in [9.17, 15) is 13.9 Å². The Morgan fingerprint density at radius 1 is 1.33 bits per heavy atom. The average molecular weight is 497 g/mol. The number of piperidine rings is 1. The highest BCUT2D eigenvalue weighted by Gasteiger charge is 2.27. The van der Waals surface area contributed by atoms with Gasteiger partial charge in [-0.15, -0.1) is 0 Å². The topological polar surface area (TPSA) is 137 Å². The van der Waals surface area contributed by atoms with Gasteiger partial charge < -0.3 is 20.6 Å². The number of rotatable bonds is 7. The summed E-state index contributed by atoms with van der Waals surface area (Å²) in [4.78, 5) is 10.4. The van der Waals surface area contributed by atoms with Crippen LogP contribution >= 0.6 is 0 Å². The van der Waals surface area contributed by atoms with Gasteiger partial charge in [0.15, 0.2) is 12.0 Å². The van der Waals surface area contributed by atoms with Crippen molar-refractivity contribution in [3.05, 3.63) is 59.7 Å². The number of pyridine rings is 2. The molecule has 4 heterocycles. The maximum atomic E-state index is 14.6. The second kappa shape index (κ2) is 10.2. The molecular weight excluding hydrogens is 470 g/mol. The number of nitriles is 1. The van der Waals surface area contributed by atoms with Gasteiger partial charge in [-0.05, 0) is 44.9 Å². The van der Waals surface area contributed by atoms with Gasteiger partial charge in [-0.25, -0.2) is 13.3 Å². The zero-order valence-electron chi connectivity index (χ0n) is 19.9. The van der Waals surface area contributed by atoms with Gasteiger partial charge in [0.05, 0.1) is 29.8 Å². The Morgan fingerprint density at radius 3 is 2.72 bits per heavy atom. The fourth-order valence-corrected chi connectivity index (χ4v) is 4.08. The van der Waals surface area contributed by atoms with E-state index in [-0.39, 0.29) is 29.6 Å².